The normalized spacial score (nSPS) is 10.6. The zero-order chi connectivity index (χ0) is 19.1. The van der Waals surface area contributed by atoms with Gasteiger partial charge in [0.15, 0.2) is 10.8 Å². The van der Waals surface area contributed by atoms with Crippen LogP contribution in [0.15, 0.2) is 52.7 Å². The molecule has 3 aromatic heterocycles. The minimum absolute atomic E-state index is 0.120. The first kappa shape index (κ1) is 18.8. The van der Waals surface area contributed by atoms with E-state index in [1.54, 1.807) is 54.1 Å². The second-order valence-corrected chi connectivity index (χ2v) is 6.52. The molecular formula is C19H19N3O4S. The summed E-state index contributed by atoms with van der Waals surface area (Å²) in [4.78, 5) is 34.7. The van der Waals surface area contributed by atoms with E-state index < -0.39 is 0 Å². The largest absolute Gasteiger partial charge is 0.466 e. The van der Waals surface area contributed by atoms with Gasteiger partial charge in [-0.15, -0.1) is 11.3 Å². The van der Waals surface area contributed by atoms with Crippen molar-refractivity contribution < 1.29 is 18.7 Å². The van der Waals surface area contributed by atoms with Crippen molar-refractivity contribution in [1.29, 1.82) is 0 Å². The number of amides is 1. The fraction of sp³-hybridized carbons (Fsp3) is 0.263. The highest BCUT2D eigenvalue weighted by molar-refractivity contribution is 7.13. The maximum Gasteiger partial charge on any atom is 0.307 e. The van der Waals surface area contributed by atoms with Crippen molar-refractivity contribution in [2.24, 2.45) is 0 Å². The molecule has 0 radical (unpaired) electrons. The van der Waals surface area contributed by atoms with Crippen LogP contribution in [0.3, 0.4) is 0 Å². The fourth-order valence-electron chi connectivity index (χ4n) is 2.47. The molecule has 0 aliphatic rings. The maximum atomic E-state index is 13.0. The number of rotatable bonds is 8. The Labute approximate surface area is 160 Å². The molecule has 7 nitrogen and oxygen atoms in total. The number of thiazole rings is 1. The van der Waals surface area contributed by atoms with Gasteiger partial charge >= 0.3 is 5.97 Å². The van der Waals surface area contributed by atoms with Gasteiger partial charge in [0.25, 0.3) is 5.91 Å². The van der Waals surface area contributed by atoms with Crippen molar-refractivity contribution in [3.8, 4) is 10.8 Å². The Hall–Kier alpha value is -3.00. The van der Waals surface area contributed by atoms with Gasteiger partial charge in [-0.05, 0) is 30.7 Å². The van der Waals surface area contributed by atoms with Gasteiger partial charge in [0.05, 0.1) is 19.3 Å². The van der Waals surface area contributed by atoms with Gasteiger partial charge in [-0.1, -0.05) is 6.07 Å². The molecule has 140 valence electrons. The van der Waals surface area contributed by atoms with Gasteiger partial charge in [0, 0.05) is 30.9 Å². The summed E-state index contributed by atoms with van der Waals surface area (Å²) in [5.74, 6) is 0.0256. The summed E-state index contributed by atoms with van der Waals surface area (Å²) in [5, 5.41) is 2.33. The van der Waals surface area contributed by atoms with E-state index in [0.717, 1.165) is 5.56 Å². The highest BCUT2D eigenvalue weighted by atomic mass is 32.1. The average Bonchev–Trinajstić information content (AvgIpc) is 3.37. The van der Waals surface area contributed by atoms with Crippen LogP contribution in [0.4, 0.5) is 0 Å². The molecule has 27 heavy (non-hydrogen) atoms. The summed E-state index contributed by atoms with van der Waals surface area (Å²) in [6.45, 7) is 2.63. The van der Waals surface area contributed by atoms with E-state index in [0.29, 0.717) is 29.6 Å². The molecular weight excluding hydrogens is 366 g/mol. The van der Waals surface area contributed by atoms with Gasteiger partial charge in [-0.25, -0.2) is 4.98 Å². The molecule has 0 saturated heterocycles. The highest BCUT2D eigenvalue weighted by Gasteiger charge is 2.21. The third kappa shape index (κ3) is 5.01. The van der Waals surface area contributed by atoms with E-state index in [2.05, 4.69) is 9.97 Å². The predicted molar refractivity (Wildman–Crippen MR) is 100 cm³/mol. The summed E-state index contributed by atoms with van der Waals surface area (Å²) in [6.07, 6.45) is 5.05. The summed E-state index contributed by atoms with van der Waals surface area (Å²) in [5.41, 5.74) is 1.19. The molecule has 3 heterocycles. The number of hydrogen-bond acceptors (Lipinski definition) is 7. The van der Waals surface area contributed by atoms with Crippen LogP contribution in [-0.4, -0.2) is 39.9 Å². The van der Waals surface area contributed by atoms with Crippen LogP contribution in [0.2, 0.25) is 0 Å². The van der Waals surface area contributed by atoms with E-state index in [1.165, 1.54) is 11.3 Å². The van der Waals surface area contributed by atoms with Crippen LogP contribution < -0.4 is 0 Å². The summed E-state index contributed by atoms with van der Waals surface area (Å²) in [7, 11) is 0. The molecule has 0 saturated carbocycles. The van der Waals surface area contributed by atoms with Gasteiger partial charge in [-0.3, -0.25) is 14.6 Å². The van der Waals surface area contributed by atoms with Crippen LogP contribution in [-0.2, 0) is 16.1 Å². The van der Waals surface area contributed by atoms with Crippen LogP contribution in [0.25, 0.3) is 10.8 Å². The Morgan fingerprint density at radius 1 is 1.30 bits per heavy atom. The van der Waals surface area contributed by atoms with Crippen molar-refractivity contribution in [2.75, 3.05) is 13.2 Å². The van der Waals surface area contributed by atoms with E-state index in [4.69, 9.17) is 9.15 Å². The van der Waals surface area contributed by atoms with Gasteiger partial charge in [0.2, 0.25) is 0 Å². The molecule has 0 fully saturated rings. The first-order valence-corrected chi connectivity index (χ1v) is 9.38. The van der Waals surface area contributed by atoms with E-state index in [9.17, 15) is 9.59 Å². The molecule has 0 spiro atoms. The quantitative estimate of drug-likeness (QED) is 0.553. The van der Waals surface area contributed by atoms with E-state index in [-0.39, 0.29) is 24.8 Å². The van der Waals surface area contributed by atoms with Crippen LogP contribution in [0.5, 0.6) is 0 Å². The first-order valence-electron chi connectivity index (χ1n) is 8.50. The molecule has 0 aromatic carbocycles. The number of carbonyl (C=O) groups is 2. The van der Waals surface area contributed by atoms with Crippen LogP contribution in [0, 0.1) is 0 Å². The lowest BCUT2D eigenvalue weighted by molar-refractivity contribution is -0.143. The number of esters is 1. The summed E-state index contributed by atoms with van der Waals surface area (Å²) in [6, 6.07) is 7.25. The Morgan fingerprint density at radius 3 is 2.89 bits per heavy atom. The third-order valence-corrected chi connectivity index (χ3v) is 4.59. The molecule has 3 aromatic rings. The second kappa shape index (κ2) is 9.09. The first-order chi connectivity index (χ1) is 13.2. The number of nitrogens with zero attached hydrogens (tertiary/aromatic N) is 3. The zero-order valence-corrected chi connectivity index (χ0v) is 15.6. The fourth-order valence-corrected chi connectivity index (χ4v) is 3.23. The average molecular weight is 385 g/mol. The zero-order valence-electron chi connectivity index (χ0n) is 14.8. The molecule has 0 atom stereocenters. The molecule has 0 unspecified atom stereocenters. The molecule has 0 N–H and O–H groups in total. The van der Waals surface area contributed by atoms with Crippen LogP contribution >= 0.6 is 11.3 Å². The molecule has 8 heteroatoms. The highest BCUT2D eigenvalue weighted by Crippen LogP contribution is 2.24. The van der Waals surface area contributed by atoms with Crippen molar-refractivity contribution in [2.45, 2.75) is 19.9 Å². The molecule has 1 amide bonds. The number of pyridine rings is 1. The summed E-state index contributed by atoms with van der Waals surface area (Å²) >= 11 is 1.34. The lowest BCUT2D eigenvalue weighted by atomic mass is 10.2. The number of furan rings is 1. The van der Waals surface area contributed by atoms with Crippen molar-refractivity contribution >= 4 is 23.2 Å². The number of carbonyl (C=O) groups excluding carboxylic acids is 2. The van der Waals surface area contributed by atoms with Crippen LogP contribution in [0.1, 0.15) is 29.4 Å². The van der Waals surface area contributed by atoms with E-state index in [1.807, 2.05) is 6.07 Å². The van der Waals surface area contributed by atoms with Gasteiger partial charge in [-0.2, -0.15) is 0 Å². The Bertz CT molecular complexity index is 878. The lowest BCUT2D eigenvalue weighted by Crippen LogP contribution is -2.33. The smallest absolute Gasteiger partial charge is 0.307 e. The third-order valence-electron chi connectivity index (χ3n) is 3.73. The maximum absolute atomic E-state index is 13.0. The van der Waals surface area contributed by atoms with E-state index >= 15 is 0 Å². The Morgan fingerprint density at radius 2 is 2.19 bits per heavy atom. The summed E-state index contributed by atoms with van der Waals surface area (Å²) < 4.78 is 10.3. The second-order valence-electron chi connectivity index (χ2n) is 5.66. The molecule has 0 aliphatic heterocycles. The van der Waals surface area contributed by atoms with Crippen molar-refractivity contribution in [1.82, 2.24) is 14.9 Å². The Kier molecular flexibility index (Phi) is 6.32. The monoisotopic (exact) mass is 385 g/mol. The molecule has 0 bridgehead atoms. The number of aromatic nitrogens is 2. The lowest BCUT2D eigenvalue weighted by Gasteiger charge is -2.21. The minimum atomic E-state index is -0.337. The number of ether oxygens (including phenoxy) is 1. The predicted octanol–water partition coefficient (Wildman–Crippen LogP) is 3.39. The minimum Gasteiger partial charge on any atom is -0.466 e. The standard InChI is InChI=1S/C19H19N3O4S/c1-2-25-17(23)7-9-22(12-14-5-3-8-20-11-14)19(24)15-13-27-18(21-15)16-6-4-10-26-16/h3-6,8,10-11,13H,2,7,9,12H2,1H3. The van der Waals surface area contributed by atoms with Crippen molar-refractivity contribution in [3.05, 3.63) is 59.6 Å². The van der Waals surface area contributed by atoms with Crippen molar-refractivity contribution in [3.63, 3.8) is 0 Å². The van der Waals surface area contributed by atoms with Gasteiger partial charge in [0.1, 0.15) is 5.69 Å². The SMILES string of the molecule is CCOC(=O)CCN(Cc1cccnc1)C(=O)c1csc(-c2ccco2)n1. The number of hydrogen-bond donors (Lipinski definition) is 0. The molecule has 0 aliphatic carbocycles. The Balaban J connectivity index is 1.76. The topological polar surface area (TPSA) is 85.5 Å². The molecule has 3 rings (SSSR count). The van der Waals surface area contributed by atoms with Gasteiger partial charge < -0.3 is 14.1 Å².